The predicted octanol–water partition coefficient (Wildman–Crippen LogP) is 5.57. The molecule has 0 spiro atoms. The van der Waals surface area contributed by atoms with Crippen molar-refractivity contribution in [3.8, 4) is 0 Å². The Morgan fingerprint density at radius 3 is 2.00 bits per heavy atom. The van der Waals surface area contributed by atoms with Crippen molar-refractivity contribution in [3.05, 3.63) is 91.3 Å². The highest BCUT2D eigenvalue weighted by Gasteiger charge is 2.35. The Morgan fingerprint density at radius 1 is 0.765 bits per heavy atom. The number of halogens is 2. The fourth-order valence-corrected chi connectivity index (χ4v) is 4.61. The first-order valence-electron chi connectivity index (χ1n) is 10.6. The molecule has 4 rings (SSSR count). The molecule has 0 heterocycles. The van der Waals surface area contributed by atoms with E-state index in [1.807, 2.05) is 0 Å². The third-order valence-electron chi connectivity index (χ3n) is 5.40. The van der Waals surface area contributed by atoms with Gasteiger partial charge in [0.15, 0.2) is 11.5 Å². The van der Waals surface area contributed by atoms with Crippen LogP contribution in [0.5, 0.6) is 0 Å². The van der Waals surface area contributed by atoms with E-state index in [0.717, 1.165) is 0 Å². The van der Waals surface area contributed by atoms with E-state index < -0.39 is 17.7 Å². The van der Waals surface area contributed by atoms with Gasteiger partial charge in [-0.3, -0.25) is 19.2 Å². The number of hydrogen-bond acceptors (Lipinski definition) is 6. The second-order valence-electron chi connectivity index (χ2n) is 8.33. The van der Waals surface area contributed by atoms with Gasteiger partial charge in [0, 0.05) is 28.7 Å². The lowest BCUT2D eigenvalue weighted by Gasteiger charge is -2.23. The summed E-state index contributed by atoms with van der Waals surface area (Å²) >= 11 is 9.31. The molecule has 1 atom stereocenters. The van der Waals surface area contributed by atoms with Crippen molar-refractivity contribution in [2.75, 3.05) is 0 Å². The van der Waals surface area contributed by atoms with E-state index in [-0.39, 0.29) is 55.4 Å². The van der Waals surface area contributed by atoms with E-state index >= 15 is 0 Å². The Labute approximate surface area is 209 Å². The van der Waals surface area contributed by atoms with E-state index in [1.54, 1.807) is 63.2 Å². The van der Waals surface area contributed by atoms with Crippen LogP contribution in [0.4, 0.5) is 0 Å². The third kappa shape index (κ3) is 4.26. The van der Waals surface area contributed by atoms with Gasteiger partial charge >= 0.3 is 0 Å². The molecule has 1 unspecified atom stereocenters. The summed E-state index contributed by atoms with van der Waals surface area (Å²) in [5, 5.41) is -0.229. The van der Waals surface area contributed by atoms with Crippen LogP contribution in [-0.4, -0.2) is 35.3 Å². The molecule has 8 heteroatoms. The number of allylic oxidation sites excluding steroid dienone is 4. The summed E-state index contributed by atoms with van der Waals surface area (Å²) in [4.78, 5) is 51.1. The fourth-order valence-electron chi connectivity index (χ4n) is 3.89. The number of benzene rings is 2. The summed E-state index contributed by atoms with van der Waals surface area (Å²) in [5.41, 5.74) is 1.73. The van der Waals surface area contributed by atoms with Gasteiger partial charge in [-0.25, -0.2) is 0 Å². The maximum absolute atomic E-state index is 13.0. The lowest BCUT2D eigenvalue weighted by molar-refractivity contribution is 0.0778. The molecule has 2 aromatic carbocycles. The number of carbonyl (C=O) groups is 4. The van der Waals surface area contributed by atoms with Crippen molar-refractivity contribution in [2.24, 2.45) is 0 Å². The first-order valence-corrected chi connectivity index (χ1v) is 11.8. The normalized spacial score (nSPS) is 16.6. The van der Waals surface area contributed by atoms with Crippen LogP contribution in [0.15, 0.2) is 63.5 Å². The van der Waals surface area contributed by atoms with Crippen LogP contribution in [0.25, 0.3) is 0 Å². The van der Waals surface area contributed by atoms with E-state index in [2.05, 4.69) is 15.9 Å². The number of carbonyl (C=O) groups excluding carboxylic acids is 4. The standard InChI is InChI=1S/C26H20BrClO6/c1-12(2)33-26-20(28)22(30)17-9-8-14(11-18(17)24(26)32)10-13(3)34-25-19(27)21(29)15-6-4-5-7-16(15)23(25)31/h4-9,11-13H,10H2,1-3H3. The molecule has 0 aliphatic heterocycles. The summed E-state index contributed by atoms with van der Waals surface area (Å²) < 4.78 is 11.5. The van der Waals surface area contributed by atoms with Gasteiger partial charge in [0.05, 0.1) is 6.10 Å². The SMILES string of the molecule is CC(C)OC1=C(Cl)C(=O)c2ccc(CC(C)OC3=C(Br)C(=O)c4ccccc4C3=O)cc2C1=O. The number of hydrogen-bond donors (Lipinski definition) is 0. The van der Waals surface area contributed by atoms with Crippen molar-refractivity contribution >= 4 is 50.7 Å². The predicted molar refractivity (Wildman–Crippen MR) is 130 cm³/mol. The molecule has 0 saturated carbocycles. The molecule has 0 saturated heterocycles. The lowest BCUT2D eigenvalue weighted by Crippen LogP contribution is -2.25. The van der Waals surface area contributed by atoms with Crippen LogP contribution in [0, 0.1) is 0 Å². The molecule has 2 aromatic rings. The zero-order valence-electron chi connectivity index (χ0n) is 18.6. The summed E-state index contributed by atoms with van der Waals surface area (Å²) in [6, 6.07) is 11.4. The summed E-state index contributed by atoms with van der Waals surface area (Å²) in [6.45, 7) is 5.23. The molecule has 0 aromatic heterocycles. The molecule has 174 valence electrons. The topological polar surface area (TPSA) is 86.7 Å². The first-order chi connectivity index (χ1) is 16.1. The van der Waals surface area contributed by atoms with Crippen LogP contribution in [-0.2, 0) is 15.9 Å². The van der Waals surface area contributed by atoms with Gasteiger partial charge in [0.25, 0.3) is 0 Å². The Balaban J connectivity index is 1.57. The number of fused-ring (bicyclic) bond motifs is 2. The zero-order valence-corrected chi connectivity index (χ0v) is 21.0. The quantitative estimate of drug-likeness (QED) is 0.473. The molecule has 0 bridgehead atoms. The van der Waals surface area contributed by atoms with Gasteiger partial charge in [0.1, 0.15) is 15.6 Å². The molecule has 0 fully saturated rings. The summed E-state index contributed by atoms with van der Waals surface area (Å²) in [6.07, 6.45) is -0.520. The van der Waals surface area contributed by atoms with E-state index in [9.17, 15) is 19.2 Å². The number of ketones is 4. The minimum atomic E-state index is -0.512. The Hall–Kier alpha value is -3.03. The van der Waals surface area contributed by atoms with Gasteiger partial charge in [-0.15, -0.1) is 0 Å². The highest BCUT2D eigenvalue weighted by Crippen LogP contribution is 2.33. The zero-order chi connectivity index (χ0) is 24.7. The van der Waals surface area contributed by atoms with E-state index in [4.69, 9.17) is 21.1 Å². The lowest BCUT2D eigenvalue weighted by atomic mass is 9.90. The fraction of sp³-hybridized carbons (Fsp3) is 0.231. The van der Waals surface area contributed by atoms with Crippen LogP contribution in [0.1, 0.15) is 67.8 Å². The monoisotopic (exact) mass is 542 g/mol. The van der Waals surface area contributed by atoms with Gasteiger partial charge < -0.3 is 9.47 Å². The van der Waals surface area contributed by atoms with Crippen LogP contribution >= 0.6 is 27.5 Å². The Bertz CT molecular complexity index is 1320. The molecule has 34 heavy (non-hydrogen) atoms. The highest BCUT2D eigenvalue weighted by atomic mass is 79.9. The number of rotatable bonds is 6. The second kappa shape index (κ2) is 9.31. The van der Waals surface area contributed by atoms with Crippen LogP contribution in [0.3, 0.4) is 0 Å². The van der Waals surface area contributed by atoms with Gasteiger partial charge in [-0.1, -0.05) is 41.9 Å². The largest absolute Gasteiger partial charge is 0.485 e. The van der Waals surface area contributed by atoms with Crippen molar-refractivity contribution in [3.63, 3.8) is 0 Å². The Morgan fingerprint density at radius 2 is 1.35 bits per heavy atom. The summed E-state index contributed by atoms with van der Waals surface area (Å²) in [7, 11) is 0. The second-order valence-corrected chi connectivity index (χ2v) is 9.50. The van der Waals surface area contributed by atoms with Crippen molar-refractivity contribution in [2.45, 2.75) is 39.4 Å². The number of ether oxygens (including phenoxy) is 2. The molecule has 0 N–H and O–H groups in total. The Kier molecular flexibility index (Phi) is 6.60. The minimum Gasteiger partial charge on any atom is -0.485 e. The molecule has 6 nitrogen and oxygen atoms in total. The average Bonchev–Trinajstić information content (AvgIpc) is 2.81. The van der Waals surface area contributed by atoms with Gasteiger partial charge in [-0.2, -0.15) is 0 Å². The summed E-state index contributed by atoms with van der Waals surface area (Å²) in [5.74, 6) is -1.84. The van der Waals surface area contributed by atoms with E-state index in [0.29, 0.717) is 17.5 Å². The highest BCUT2D eigenvalue weighted by molar-refractivity contribution is 9.12. The third-order valence-corrected chi connectivity index (χ3v) is 6.46. The molecule has 0 radical (unpaired) electrons. The van der Waals surface area contributed by atoms with Gasteiger partial charge in [-0.05, 0) is 54.4 Å². The maximum Gasteiger partial charge on any atom is 0.230 e. The molecule has 0 amide bonds. The average molecular weight is 544 g/mol. The van der Waals surface area contributed by atoms with Crippen molar-refractivity contribution in [1.29, 1.82) is 0 Å². The molecule has 2 aliphatic carbocycles. The van der Waals surface area contributed by atoms with Gasteiger partial charge in [0.2, 0.25) is 23.1 Å². The molecule has 2 aliphatic rings. The smallest absolute Gasteiger partial charge is 0.230 e. The maximum atomic E-state index is 13.0. The van der Waals surface area contributed by atoms with E-state index in [1.165, 1.54) is 0 Å². The van der Waals surface area contributed by atoms with Crippen LogP contribution < -0.4 is 0 Å². The molecular weight excluding hydrogens is 524 g/mol. The first kappa shape index (κ1) is 24.1. The molecular formula is C26H20BrClO6. The number of Topliss-reactive ketones (excluding diaryl/α,β-unsaturated/α-hetero) is 4. The van der Waals surface area contributed by atoms with Crippen LogP contribution in [0.2, 0.25) is 0 Å². The van der Waals surface area contributed by atoms with Crippen molar-refractivity contribution in [1.82, 2.24) is 0 Å². The van der Waals surface area contributed by atoms with Crippen molar-refractivity contribution < 1.29 is 28.7 Å². The minimum absolute atomic E-state index is 0.0530.